The van der Waals surface area contributed by atoms with Gasteiger partial charge in [-0.15, -0.1) is 0 Å². The van der Waals surface area contributed by atoms with Crippen LogP contribution in [-0.4, -0.2) is 72.1 Å². The molecule has 2 amide bonds. The van der Waals surface area contributed by atoms with E-state index < -0.39 is 6.04 Å². The van der Waals surface area contributed by atoms with E-state index in [-0.39, 0.29) is 17.7 Å². The van der Waals surface area contributed by atoms with Crippen LogP contribution in [-0.2, 0) is 17.8 Å². The van der Waals surface area contributed by atoms with Crippen LogP contribution in [0.1, 0.15) is 75.7 Å². The number of rotatable bonds is 9. The van der Waals surface area contributed by atoms with E-state index >= 15 is 0 Å². The Morgan fingerprint density at radius 2 is 1.60 bits per heavy atom. The van der Waals surface area contributed by atoms with Crippen molar-refractivity contribution < 1.29 is 19.4 Å². The lowest BCUT2D eigenvalue weighted by atomic mass is 9.69. The lowest BCUT2D eigenvalue weighted by Gasteiger charge is -2.34. The first kappa shape index (κ1) is 33.7. The van der Waals surface area contributed by atoms with Crippen LogP contribution in [0.3, 0.4) is 0 Å². The number of carbonyl (C=O) groups excluding carboxylic acids is 2. The minimum absolute atomic E-state index is 0.0423. The number of anilines is 1. The van der Waals surface area contributed by atoms with Gasteiger partial charge in [0.15, 0.2) is 0 Å². The topological polar surface area (TPSA) is 85.4 Å². The number of hydrogen-bond donors (Lipinski definition) is 2. The number of benzene rings is 4. The Morgan fingerprint density at radius 3 is 2.38 bits per heavy atom. The summed E-state index contributed by atoms with van der Waals surface area (Å²) in [5.74, 6) is 2.98. The van der Waals surface area contributed by atoms with Crippen molar-refractivity contribution in [1.29, 1.82) is 0 Å². The molecule has 4 aromatic rings. The summed E-state index contributed by atoms with van der Waals surface area (Å²) in [5.41, 5.74) is 8.86. The summed E-state index contributed by atoms with van der Waals surface area (Å²) < 4.78 is 6.25. The van der Waals surface area contributed by atoms with Gasteiger partial charge in [-0.3, -0.25) is 9.59 Å². The molecule has 5 aliphatic rings. The summed E-state index contributed by atoms with van der Waals surface area (Å²) in [6.07, 6.45) is 4.34. The number of nitrogens with one attached hydrogen (secondary N) is 1. The van der Waals surface area contributed by atoms with Crippen LogP contribution < -0.4 is 15.0 Å². The first-order valence-electron chi connectivity index (χ1n) is 19.4. The van der Waals surface area contributed by atoms with Crippen molar-refractivity contribution in [2.45, 2.75) is 56.5 Å². The van der Waals surface area contributed by atoms with Crippen molar-refractivity contribution in [3.63, 3.8) is 0 Å². The highest BCUT2D eigenvalue weighted by Crippen LogP contribution is 2.47. The number of aromatic hydroxyl groups is 1. The first-order valence-corrected chi connectivity index (χ1v) is 19.4. The molecule has 5 atom stereocenters. The molecule has 0 spiro atoms. The van der Waals surface area contributed by atoms with Crippen LogP contribution in [0, 0.1) is 11.8 Å². The number of phenols is 1. The Balaban J connectivity index is 0.761. The van der Waals surface area contributed by atoms with E-state index in [4.69, 9.17) is 4.74 Å². The van der Waals surface area contributed by atoms with Gasteiger partial charge in [0, 0.05) is 62.1 Å². The Kier molecular flexibility index (Phi) is 8.94. The molecule has 1 unspecified atom stereocenters. The van der Waals surface area contributed by atoms with Crippen molar-refractivity contribution in [1.82, 2.24) is 15.1 Å². The molecule has 3 saturated heterocycles. The van der Waals surface area contributed by atoms with Crippen molar-refractivity contribution in [3.05, 3.63) is 137 Å². The number of ether oxygens (including phenoxy) is 1. The highest BCUT2D eigenvalue weighted by Gasteiger charge is 2.41. The van der Waals surface area contributed by atoms with E-state index in [9.17, 15) is 14.7 Å². The van der Waals surface area contributed by atoms with E-state index in [1.807, 2.05) is 18.2 Å². The second-order valence-corrected chi connectivity index (χ2v) is 15.8. The standard InChI is InChI=1S/C45H48N4O4/c1-29-8-19-42(44(51)46-29)49-28-33-22-36(12-17-41(33)45(49)52)48-26-34-24-47(25-35(34)27-48)20-5-21-53-38-14-9-31(10-15-38)43-39(30-6-3-2-4-7-30)16-11-32-23-37(50)13-18-40(32)43/h2-4,6-7,9-10,12-15,17-18,22-23,34-35,39,42-43,50H,1,5,8,11,16,19-21,24-28H2,(H,46,51)/t34-,35+,39-,42?,43+/m1/s1. The Morgan fingerprint density at radius 1 is 0.811 bits per heavy atom. The number of hydrogen-bond acceptors (Lipinski definition) is 6. The molecule has 1 aliphatic carbocycles. The molecule has 272 valence electrons. The zero-order valence-electron chi connectivity index (χ0n) is 30.3. The van der Waals surface area contributed by atoms with Crippen LogP contribution in [0.2, 0.25) is 0 Å². The molecule has 4 heterocycles. The SMILES string of the molecule is C=C1CCC(N2Cc3cc(N4C[C@H]5CN(CCCOc6ccc([C@@H]7c8ccc(O)cc8CC[C@@H]7c7ccccc7)cc6)C[C@H]5C4)ccc3C2=O)C(=O)N1. The number of fused-ring (bicyclic) bond motifs is 3. The third kappa shape index (κ3) is 6.58. The Labute approximate surface area is 312 Å². The molecule has 0 saturated carbocycles. The van der Waals surface area contributed by atoms with Gasteiger partial charge in [0.2, 0.25) is 5.91 Å². The van der Waals surface area contributed by atoms with Gasteiger partial charge in [-0.25, -0.2) is 0 Å². The predicted octanol–water partition coefficient (Wildman–Crippen LogP) is 6.84. The quantitative estimate of drug-likeness (QED) is 0.185. The number of carbonyl (C=O) groups is 2. The number of aryl methyl sites for hydroxylation is 1. The fourth-order valence-electron chi connectivity index (χ4n) is 9.85. The lowest BCUT2D eigenvalue weighted by Crippen LogP contribution is -2.49. The predicted molar refractivity (Wildman–Crippen MR) is 206 cm³/mol. The lowest BCUT2D eigenvalue weighted by molar-refractivity contribution is -0.126. The smallest absolute Gasteiger partial charge is 0.255 e. The molecule has 0 bridgehead atoms. The third-order valence-electron chi connectivity index (χ3n) is 12.5. The molecule has 0 aromatic heterocycles. The van der Waals surface area contributed by atoms with Crippen molar-refractivity contribution >= 4 is 17.5 Å². The van der Waals surface area contributed by atoms with E-state index in [1.54, 1.807) is 4.90 Å². The summed E-state index contributed by atoms with van der Waals surface area (Å²) >= 11 is 0. The molecule has 3 fully saturated rings. The number of allylic oxidation sites excluding steroid dienone is 1. The molecule has 9 rings (SSSR count). The number of phenolic OH excluding ortho intramolecular Hbond substituents is 1. The molecular formula is C45H48N4O4. The van der Waals surface area contributed by atoms with Crippen molar-refractivity contribution in [2.75, 3.05) is 44.2 Å². The normalized spacial score (nSPS) is 25.3. The van der Waals surface area contributed by atoms with Crippen LogP contribution in [0.25, 0.3) is 0 Å². The average molecular weight is 709 g/mol. The van der Waals surface area contributed by atoms with Gasteiger partial charge >= 0.3 is 0 Å². The Hall–Kier alpha value is -5.08. The first-order chi connectivity index (χ1) is 25.9. The maximum absolute atomic E-state index is 13.2. The van der Waals surface area contributed by atoms with Gasteiger partial charge in [0.25, 0.3) is 5.91 Å². The summed E-state index contributed by atoms with van der Waals surface area (Å²) in [4.78, 5) is 32.6. The number of piperidine rings is 1. The van der Waals surface area contributed by atoms with Gasteiger partial charge in [0.1, 0.15) is 17.5 Å². The van der Waals surface area contributed by atoms with E-state index in [0.29, 0.717) is 49.5 Å². The van der Waals surface area contributed by atoms with E-state index in [2.05, 4.69) is 94.5 Å². The average Bonchev–Trinajstić information content (AvgIpc) is 3.85. The molecule has 8 heteroatoms. The molecule has 8 nitrogen and oxygen atoms in total. The maximum Gasteiger partial charge on any atom is 0.255 e. The second kappa shape index (κ2) is 14.0. The van der Waals surface area contributed by atoms with Crippen molar-refractivity contribution in [2.24, 2.45) is 11.8 Å². The fourth-order valence-corrected chi connectivity index (χ4v) is 9.85. The van der Waals surface area contributed by atoms with Crippen LogP contribution >= 0.6 is 0 Å². The maximum atomic E-state index is 13.2. The largest absolute Gasteiger partial charge is 0.508 e. The Bertz CT molecular complexity index is 2020. The van der Waals surface area contributed by atoms with Crippen LogP contribution in [0.5, 0.6) is 11.5 Å². The molecule has 4 aliphatic heterocycles. The minimum Gasteiger partial charge on any atom is -0.508 e. The van der Waals surface area contributed by atoms with Crippen LogP contribution in [0.15, 0.2) is 103 Å². The molecule has 0 radical (unpaired) electrons. The minimum atomic E-state index is -0.428. The highest BCUT2D eigenvalue weighted by atomic mass is 16.5. The number of likely N-dealkylation sites (tertiary alicyclic amines) is 1. The highest BCUT2D eigenvalue weighted by molar-refractivity contribution is 6.01. The van der Waals surface area contributed by atoms with Gasteiger partial charge in [-0.1, -0.05) is 55.1 Å². The number of amides is 2. The fraction of sp³-hybridized carbons (Fsp3) is 0.378. The molecule has 2 N–H and O–H groups in total. The van der Waals surface area contributed by atoms with Crippen molar-refractivity contribution in [3.8, 4) is 11.5 Å². The monoisotopic (exact) mass is 708 g/mol. The van der Waals surface area contributed by atoms with E-state index in [0.717, 1.165) is 74.6 Å². The zero-order chi connectivity index (χ0) is 36.1. The van der Waals surface area contributed by atoms with Gasteiger partial charge in [-0.05, 0) is 120 Å². The summed E-state index contributed by atoms with van der Waals surface area (Å²) in [7, 11) is 0. The summed E-state index contributed by atoms with van der Waals surface area (Å²) in [6, 6.07) is 31.2. The van der Waals surface area contributed by atoms with Crippen LogP contribution in [0.4, 0.5) is 5.69 Å². The zero-order valence-corrected chi connectivity index (χ0v) is 30.3. The summed E-state index contributed by atoms with van der Waals surface area (Å²) in [5, 5.41) is 13.0. The molecule has 53 heavy (non-hydrogen) atoms. The van der Waals surface area contributed by atoms with Gasteiger partial charge < -0.3 is 29.9 Å². The molecule has 4 aromatic carbocycles. The third-order valence-corrected chi connectivity index (χ3v) is 12.5. The summed E-state index contributed by atoms with van der Waals surface area (Å²) in [6.45, 7) is 10.4. The van der Waals surface area contributed by atoms with Gasteiger partial charge in [-0.2, -0.15) is 0 Å². The number of nitrogens with zero attached hydrogens (tertiary/aromatic N) is 3. The molecular weight excluding hydrogens is 661 g/mol. The van der Waals surface area contributed by atoms with E-state index in [1.165, 1.54) is 27.9 Å². The second-order valence-electron chi connectivity index (χ2n) is 15.8. The van der Waals surface area contributed by atoms with Gasteiger partial charge in [0.05, 0.1) is 6.61 Å².